The largest absolute Gasteiger partial charge is 0.493 e. The van der Waals surface area contributed by atoms with Gasteiger partial charge in [0, 0.05) is 35.6 Å². The number of aliphatic carboxylic acids is 1. The van der Waals surface area contributed by atoms with Gasteiger partial charge in [-0.15, -0.1) is 0 Å². The van der Waals surface area contributed by atoms with Gasteiger partial charge in [0.15, 0.2) is 5.65 Å². The molecule has 1 atom stereocenters. The molecule has 5 heterocycles. The Hall–Kier alpha value is -4.53. The molecule has 1 aromatic carbocycles. The second kappa shape index (κ2) is 9.85. The Kier molecular flexibility index (Phi) is 6.10. The van der Waals surface area contributed by atoms with Gasteiger partial charge in [0.1, 0.15) is 17.6 Å². The van der Waals surface area contributed by atoms with E-state index in [9.17, 15) is 9.90 Å². The van der Waals surface area contributed by atoms with Crippen molar-refractivity contribution in [1.29, 1.82) is 0 Å². The molecule has 1 aliphatic heterocycles. The van der Waals surface area contributed by atoms with Crippen molar-refractivity contribution < 1.29 is 14.6 Å². The Balaban J connectivity index is 1.21. The number of benzene rings is 1. The number of aryl methyl sites for hydroxylation is 1. The van der Waals surface area contributed by atoms with Crippen LogP contribution in [0.4, 0.5) is 5.82 Å². The van der Waals surface area contributed by atoms with E-state index in [4.69, 9.17) is 9.72 Å². The van der Waals surface area contributed by atoms with Gasteiger partial charge < -0.3 is 15.2 Å². The first-order chi connectivity index (χ1) is 18.1. The van der Waals surface area contributed by atoms with Crippen LogP contribution >= 0.6 is 0 Å². The molecule has 0 saturated carbocycles. The van der Waals surface area contributed by atoms with Gasteiger partial charge in [-0.1, -0.05) is 6.07 Å². The number of nitrogens with zero attached hydrogens (tertiary/aromatic N) is 5. The van der Waals surface area contributed by atoms with E-state index in [-0.39, 0.29) is 6.42 Å². The number of rotatable bonds is 8. The molecule has 5 aromatic rings. The van der Waals surface area contributed by atoms with Gasteiger partial charge in [-0.2, -0.15) is 5.10 Å². The Labute approximate surface area is 213 Å². The van der Waals surface area contributed by atoms with Crippen molar-refractivity contribution in [2.45, 2.75) is 31.7 Å². The number of carboxylic acids is 1. The molecule has 0 radical (unpaired) electrons. The van der Waals surface area contributed by atoms with Crippen LogP contribution in [0.3, 0.4) is 0 Å². The van der Waals surface area contributed by atoms with Gasteiger partial charge in [-0.05, 0) is 66.9 Å². The summed E-state index contributed by atoms with van der Waals surface area (Å²) in [6.45, 7) is 1.47. The second-order valence-electron chi connectivity index (χ2n) is 9.15. The van der Waals surface area contributed by atoms with Gasteiger partial charge in [-0.25, -0.2) is 15.0 Å². The average Bonchev–Trinajstić information content (AvgIpc) is 3.34. The molecule has 0 bridgehead atoms. The summed E-state index contributed by atoms with van der Waals surface area (Å²) in [7, 11) is 0. The fourth-order valence-electron chi connectivity index (χ4n) is 4.79. The number of nitrogens with one attached hydrogen (secondary N) is 1. The lowest BCUT2D eigenvalue weighted by atomic mass is 10.1. The monoisotopic (exact) mass is 494 g/mol. The molecule has 9 nitrogen and oxygen atoms in total. The molecule has 1 unspecified atom stereocenters. The van der Waals surface area contributed by atoms with Crippen LogP contribution in [0.15, 0.2) is 67.0 Å². The zero-order valence-corrected chi connectivity index (χ0v) is 20.2. The van der Waals surface area contributed by atoms with E-state index in [1.165, 1.54) is 5.56 Å². The third-order valence-electron chi connectivity index (χ3n) is 6.64. The Morgan fingerprint density at radius 2 is 2.05 bits per heavy atom. The average molecular weight is 495 g/mol. The van der Waals surface area contributed by atoms with Crippen molar-refractivity contribution in [1.82, 2.24) is 24.7 Å². The molecule has 2 N–H and O–H groups in total. The summed E-state index contributed by atoms with van der Waals surface area (Å²) in [5, 5.41) is 19.3. The molecule has 0 aliphatic carbocycles. The third kappa shape index (κ3) is 4.80. The highest BCUT2D eigenvalue weighted by Crippen LogP contribution is 2.29. The molecular formula is C28H26N6O3. The topological polar surface area (TPSA) is 115 Å². The maximum atomic E-state index is 11.7. The van der Waals surface area contributed by atoms with Gasteiger partial charge in [0.05, 0.1) is 30.4 Å². The molecule has 0 amide bonds. The fraction of sp³-hybridized carbons (Fsp3) is 0.250. The highest BCUT2D eigenvalue weighted by molar-refractivity contribution is 5.81. The van der Waals surface area contributed by atoms with Crippen molar-refractivity contribution in [2.24, 2.45) is 0 Å². The lowest BCUT2D eigenvalue weighted by Crippen LogP contribution is -2.17. The summed E-state index contributed by atoms with van der Waals surface area (Å²) >= 11 is 0. The van der Waals surface area contributed by atoms with E-state index in [1.807, 2.05) is 42.5 Å². The quantitative estimate of drug-likeness (QED) is 0.326. The summed E-state index contributed by atoms with van der Waals surface area (Å²) in [5.74, 6) is 0.790. The molecule has 37 heavy (non-hydrogen) atoms. The number of carboxylic acid groups (broad SMARTS) is 1. The zero-order valence-electron chi connectivity index (χ0n) is 20.2. The van der Waals surface area contributed by atoms with Crippen molar-refractivity contribution >= 4 is 33.7 Å². The Morgan fingerprint density at radius 1 is 1.11 bits per heavy atom. The van der Waals surface area contributed by atoms with Gasteiger partial charge in [-0.3, -0.25) is 9.48 Å². The molecule has 0 saturated heterocycles. The first kappa shape index (κ1) is 22.9. The zero-order chi connectivity index (χ0) is 25.2. The normalized spacial score (nSPS) is 13.7. The lowest BCUT2D eigenvalue weighted by molar-refractivity contribution is -0.137. The van der Waals surface area contributed by atoms with E-state index in [0.29, 0.717) is 24.4 Å². The maximum absolute atomic E-state index is 11.7. The highest BCUT2D eigenvalue weighted by Gasteiger charge is 2.22. The van der Waals surface area contributed by atoms with Gasteiger partial charge >= 0.3 is 5.97 Å². The Morgan fingerprint density at radius 3 is 2.97 bits per heavy atom. The number of carbonyl (C=O) groups is 1. The molecule has 0 fully saturated rings. The molecule has 186 valence electrons. The van der Waals surface area contributed by atoms with Crippen LogP contribution in [0.25, 0.3) is 21.9 Å². The SMILES string of the molecule is O=C(O)CC(c1ccc2cccnc2n1)n1ncc2cc(OCCc3ccc4c(n3)NCCC4)ccc21. The predicted molar refractivity (Wildman–Crippen MR) is 140 cm³/mol. The molecule has 6 rings (SSSR count). The number of ether oxygens (including phenoxy) is 1. The Bertz CT molecular complexity index is 1600. The first-order valence-corrected chi connectivity index (χ1v) is 12.4. The van der Waals surface area contributed by atoms with Crippen LogP contribution in [0.1, 0.15) is 35.8 Å². The minimum absolute atomic E-state index is 0.150. The number of hydrogen-bond donors (Lipinski definition) is 2. The molecule has 0 spiro atoms. The smallest absolute Gasteiger partial charge is 0.305 e. The maximum Gasteiger partial charge on any atom is 0.305 e. The van der Waals surface area contributed by atoms with Gasteiger partial charge in [0.2, 0.25) is 0 Å². The standard InChI is InChI=1S/C28H26N6O3/c35-26(36)16-25(23-9-6-19-4-2-13-30-28(19)33-23)34-24-10-8-22(15-20(24)17-31-34)37-14-11-21-7-5-18-3-1-12-29-27(18)32-21/h2,4-10,13,15,17,25H,1,3,11-12,14,16H2,(H,29,32)(H,35,36). The minimum Gasteiger partial charge on any atom is -0.493 e. The van der Waals surface area contributed by atoms with Crippen LogP contribution in [0.5, 0.6) is 5.75 Å². The van der Waals surface area contributed by atoms with E-state index >= 15 is 0 Å². The van der Waals surface area contributed by atoms with Crippen LogP contribution in [-0.2, 0) is 17.6 Å². The van der Waals surface area contributed by atoms with E-state index in [0.717, 1.165) is 52.9 Å². The van der Waals surface area contributed by atoms with Crippen molar-refractivity contribution in [3.8, 4) is 5.75 Å². The summed E-state index contributed by atoms with van der Waals surface area (Å²) in [6, 6.07) is 16.9. The van der Waals surface area contributed by atoms with Crippen LogP contribution in [0.2, 0.25) is 0 Å². The summed E-state index contributed by atoms with van der Waals surface area (Å²) < 4.78 is 7.73. The molecule has 4 aromatic heterocycles. The van der Waals surface area contributed by atoms with Crippen molar-refractivity contribution in [3.63, 3.8) is 0 Å². The highest BCUT2D eigenvalue weighted by atomic mass is 16.5. The lowest BCUT2D eigenvalue weighted by Gasteiger charge is -2.17. The second-order valence-corrected chi connectivity index (χ2v) is 9.15. The van der Waals surface area contributed by atoms with Crippen LogP contribution < -0.4 is 10.1 Å². The first-order valence-electron chi connectivity index (χ1n) is 12.4. The van der Waals surface area contributed by atoms with Gasteiger partial charge in [0.25, 0.3) is 0 Å². The minimum atomic E-state index is -0.928. The molecule has 9 heteroatoms. The summed E-state index contributed by atoms with van der Waals surface area (Å²) in [6.07, 6.45) is 6.17. The number of anilines is 1. The molecule has 1 aliphatic rings. The van der Waals surface area contributed by atoms with E-state index in [2.05, 4.69) is 32.5 Å². The number of fused-ring (bicyclic) bond motifs is 3. The van der Waals surface area contributed by atoms with Crippen molar-refractivity contribution in [3.05, 3.63) is 83.9 Å². The third-order valence-corrected chi connectivity index (χ3v) is 6.64. The van der Waals surface area contributed by atoms with Crippen molar-refractivity contribution in [2.75, 3.05) is 18.5 Å². The van der Waals surface area contributed by atoms with E-state index in [1.54, 1.807) is 17.1 Å². The summed E-state index contributed by atoms with van der Waals surface area (Å²) in [4.78, 5) is 25.4. The fourth-order valence-corrected chi connectivity index (χ4v) is 4.79. The number of hydrogen-bond acceptors (Lipinski definition) is 7. The molecular weight excluding hydrogens is 468 g/mol. The number of pyridine rings is 3. The number of aromatic nitrogens is 5. The predicted octanol–water partition coefficient (Wildman–Crippen LogP) is 4.42. The summed E-state index contributed by atoms with van der Waals surface area (Å²) in [5.41, 5.74) is 4.26. The van der Waals surface area contributed by atoms with Crippen LogP contribution in [-0.4, -0.2) is 49.0 Å². The van der Waals surface area contributed by atoms with E-state index < -0.39 is 12.0 Å². The van der Waals surface area contributed by atoms with Crippen LogP contribution in [0, 0.1) is 0 Å².